The van der Waals surface area contributed by atoms with Crippen LogP contribution in [0, 0.1) is 11.3 Å². The van der Waals surface area contributed by atoms with Gasteiger partial charge in [-0.05, 0) is 37.5 Å². The third-order valence-corrected chi connectivity index (χ3v) is 8.30. The predicted molar refractivity (Wildman–Crippen MR) is 141 cm³/mol. The van der Waals surface area contributed by atoms with Crippen molar-refractivity contribution >= 4 is 38.3 Å². The number of nitrogens with zero attached hydrogens (tertiary/aromatic N) is 7. The quantitative estimate of drug-likeness (QED) is 0.401. The van der Waals surface area contributed by atoms with Crippen LogP contribution in [-0.4, -0.2) is 49.4 Å². The minimum atomic E-state index is -0.0562. The molecule has 0 radical (unpaired) electrons. The Hall–Kier alpha value is -3.22. The van der Waals surface area contributed by atoms with Crippen molar-refractivity contribution in [2.24, 2.45) is 7.05 Å². The normalized spacial score (nSPS) is 19.9. The first kappa shape index (κ1) is 23.5. The third kappa shape index (κ3) is 4.11. The highest BCUT2D eigenvalue weighted by Gasteiger charge is 2.36. The van der Waals surface area contributed by atoms with E-state index in [2.05, 4.69) is 59.8 Å². The Bertz CT molecular complexity index is 1460. The fourth-order valence-electron chi connectivity index (χ4n) is 5.39. The van der Waals surface area contributed by atoms with Crippen LogP contribution < -0.4 is 10.5 Å². The molecule has 9 heteroatoms. The predicted octanol–water partition coefficient (Wildman–Crippen LogP) is 4.31. The molecule has 1 aliphatic heterocycles. The molecule has 182 valence electrons. The van der Waals surface area contributed by atoms with Crippen LogP contribution >= 0.6 is 11.3 Å². The van der Waals surface area contributed by atoms with Crippen LogP contribution in [0.15, 0.2) is 40.8 Å². The van der Waals surface area contributed by atoms with E-state index in [0.717, 1.165) is 48.2 Å². The molecule has 1 unspecified atom stereocenters. The molecule has 3 atom stereocenters. The topological polar surface area (TPSA) is 83.0 Å². The van der Waals surface area contributed by atoms with Gasteiger partial charge in [-0.2, -0.15) is 10.4 Å². The number of benzene rings is 1. The van der Waals surface area contributed by atoms with Crippen LogP contribution in [0.5, 0.6) is 0 Å². The van der Waals surface area contributed by atoms with E-state index in [9.17, 15) is 4.79 Å². The van der Waals surface area contributed by atoms with Crippen molar-refractivity contribution in [3.05, 3.63) is 51.9 Å². The second kappa shape index (κ2) is 9.44. The van der Waals surface area contributed by atoms with Crippen molar-refractivity contribution in [2.75, 3.05) is 18.0 Å². The second-order valence-corrected chi connectivity index (χ2v) is 10.3. The van der Waals surface area contributed by atoms with E-state index in [1.54, 1.807) is 39.9 Å². The lowest BCUT2D eigenvalue weighted by Gasteiger charge is -2.49. The zero-order chi connectivity index (χ0) is 24.7. The minimum Gasteiger partial charge on any atom is -0.364 e. The standard InChI is InChI=1S/C26H31N7OS/c1-5-19-14-33(22-12-25(34)30(4)23-15-31(10-9-27)29-26(22)23)20(6-2)13-32(19)17(3)18-7-8-24-21(11-18)28-16-35-24/h7-8,11-12,15-17,19-20H,5-6,10,13-14H2,1-4H3/t17?,19-,20+/m1/s1. The molecule has 1 fully saturated rings. The molecule has 0 bridgehead atoms. The molecule has 1 aromatic carbocycles. The number of nitriles is 1. The van der Waals surface area contributed by atoms with E-state index >= 15 is 0 Å². The number of aromatic nitrogens is 4. The molecule has 5 rings (SSSR count). The fraction of sp³-hybridized carbons (Fsp3) is 0.462. The second-order valence-electron chi connectivity index (χ2n) is 9.37. The number of thiazole rings is 1. The molecule has 3 aromatic heterocycles. The fourth-order valence-corrected chi connectivity index (χ4v) is 6.05. The van der Waals surface area contributed by atoms with Gasteiger partial charge in [0.2, 0.25) is 0 Å². The van der Waals surface area contributed by atoms with Crippen molar-refractivity contribution in [1.82, 2.24) is 24.2 Å². The first-order valence-electron chi connectivity index (χ1n) is 12.2. The van der Waals surface area contributed by atoms with E-state index < -0.39 is 0 Å². The van der Waals surface area contributed by atoms with E-state index in [0.29, 0.717) is 6.04 Å². The van der Waals surface area contributed by atoms with Crippen LogP contribution in [-0.2, 0) is 13.6 Å². The number of hydrogen-bond donors (Lipinski definition) is 0. The highest BCUT2D eigenvalue weighted by atomic mass is 32.1. The number of aryl methyl sites for hydroxylation is 1. The lowest BCUT2D eigenvalue weighted by Crippen LogP contribution is -2.58. The summed E-state index contributed by atoms with van der Waals surface area (Å²) in [5, 5.41) is 13.9. The molecule has 0 spiro atoms. The third-order valence-electron chi connectivity index (χ3n) is 7.49. The van der Waals surface area contributed by atoms with E-state index in [1.807, 2.05) is 5.51 Å². The molecule has 8 nitrogen and oxygen atoms in total. The largest absolute Gasteiger partial charge is 0.364 e. The molecule has 0 N–H and O–H groups in total. The van der Waals surface area contributed by atoms with Gasteiger partial charge >= 0.3 is 0 Å². The van der Waals surface area contributed by atoms with Gasteiger partial charge in [0.25, 0.3) is 5.56 Å². The van der Waals surface area contributed by atoms with Crippen LogP contribution in [0.3, 0.4) is 0 Å². The number of piperazine rings is 1. The van der Waals surface area contributed by atoms with Gasteiger partial charge in [0.05, 0.1) is 39.2 Å². The SMILES string of the molecule is CC[C@H]1CN(C(C)c2ccc3scnc3c2)[C@H](CC)CN1c1cc(=O)n(C)c2cn(CC#N)nc12. The molecule has 0 saturated carbocycles. The maximum Gasteiger partial charge on any atom is 0.252 e. The zero-order valence-electron chi connectivity index (χ0n) is 20.7. The van der Waals surface area contributed by atoms with Gasteiger partial charge in [0.1, 0.15) is 12.1 Å². The van der Waals surface area contributed by atoms with Gasteiger partial charge in [-0.25, -0.2) is 4.98 Å². The maximum absolute atomic E-state index is 12.9. The summed E-state index contributed by atoms with van der Waals surface area (Å²) in [6.07, 6.45) is 3.77. The summed E-state index contributed by atoms with van der Waals surface area (Å²) in [5.74, 6) is 0. The smallest absolute Gasteiger partial charge is 0.252 e. The van der Waals surface area contributed by atoms with Crippen LogP contribution in [0.4, 0.5) is 5.69 Å². The first-order chi connectivity index (χ1) is 16.9. The summed E-state index contributed by atoms with van der Waals surface area (Å²) in [4.78, 5) is 22.4. The van der Waals surface area contributed by atoms with Crippen molar-refractivity contribution in [1.29, 1.82) is 5.26 Å². The maximum atomic E-state index is 12.9. The van der Waals surface area contributed by atoms with E-state index in [1.165, 1.54) is 10.3 Å². The van der Waals surface area contributed by atoms with Gasteiger partial charge in [-0.3, -0.25) is 14.4 Å². The first-order valence-corrected chi connectivity index (χ1v) is 13.1. The molecular weight excluding hydrogens is 458 g/mol. The Morgan fingerprint density at radius 3 is 2.74 bits per heavy atom. The molecular formula is C26H31N7OS. The number of pyridine rings is 1. The highest BCUT2D eigenvalue weighted by Crippen LogP contribution is 2.35. The molecule has 1 saturated heterocycles. The molecule has 0 amide bonds. The summed E-state index contributed by atoms with van der Waals surface area (Å²) in [6, 6.07) is 11.4. The van der Waals surface area contributed by atoms with E-state index in [-0.39, 0.29) is 24.2 Å². The molecule has 1 aliphatic rings. The monoisotopic (exact) mass is 489 g/mol. The molecule has 0 aliphatic carbocycles. The minimum absolute atomic E-state index is 0.0562. The Morgan fingerprint density at radius 2 is 2.00 bits per heavy atom. The Morgan fingerprint density at radius 1 is 1.20 bits per heavy atom. The lowest BCUT2D eigenvalue weighted by molar-refractivity contribution is 0.101. The summed E-state index contributed by atoms with van der Waals surface area (Å²) < 4.78 is 4.46. The Kier molecular flexibility index (Phi) is 6.34. The lowest BCUT2D eigenvalue weighted by atomic mass is 9.96. The van der Waals surface area contributed by atoms with Gasteiger partial charge in [0, 0.05) is 44.3 Å². The van der Waals surface area contributed by atoms with Crippen molar-refractivity contribution in [3.8, 4) is 6.07 Å². The molecule has 4 heterocycles. The van der Waals surface area contributed by atoms with Crippen LogP contribution in [0.2, 0.25) is 0 Å². The van der Waals surface area contributed by atoms with Gasteiger partial charge in [0.15, 0.2) is 0 Å². The summed E-state index contributed by atoms with van der Waals surface area (Å²) >= 11 is 1.67. The number of anilines is 1. The molecule has 35 heavy (non-hydrogen) atoms. The number of hydrogen-bond acceptors (Lipinski definition) is 7. The highest BCUT2D eigenvalue weighted by molar-refractivity contribution is 7.16. The Balaban J connectivity index is 1.51. The van der Waals surface area contributed by atoms with E-state index in [4.69, 9.17) is 10.4 Å². The summed E-state index contributed by atoms with van der Waals surface area (Å²) in [6.45, 7) is 8.62. The van der Waals surface area contributed by atoms with Crippen molar-refractivity contribution in [3.63, 3.8) is 0 Å². The van der Waals surface area contributed by atoms with Crippen molar-refractivity contribution in [2.45, 2.75) is 58.3 Å². The summed E-state index contributed by atoms with van der Waals surface area (Å²) in [5.41, 5.74) is 6.62. The Labute approximate surface area is 209 Å². The zero-order valence-corrected chi connectivity index (χ0v) is 21.5. The van der Waals surface area contributed by atoms with Crippen LogP contribution in [0.1, 0.15) is 45.2 Å². The number of fused-ring (bicyclic) bond motifs is 2. The average Bonchev–Trinajstić information content (AvgIpc) is 3.52. The number of rotatable bonds is 6. The van der Waals surface area contributed by atoms with Gasteiger partial charge in [-0.15, -0.1) is 11.3 Å². The van der Waals surface area contributed by atoms with Crippen LogP contribution in [0.25, 0.3) is 21.3 Å². The summed E-state index contributed by atoms with van der Waals surface area (Å²) in [7, 11) is 1.76. The van der Waals surface area contributed by atoms with Crippen molar-refractivity contribution < 1.29 is 0 Å². The van der Waals surface area contributed by atoms with Gasteiger partial charge in [-0.1, -0.05) is 19.9 Å². The molecule has 4 aromatic rings. The average molecular weight is 490 g/mol. The van der Waals surface area contributed by atoms with Gasteiger partial charge < -0.3 is 9.47 Å².